The third kappa shape index (κ3) is 6.31. The zero-order valence-electron chi connectivity index (χ0n) is 17.7. The summed E-state index contributed by atoms with van der Waals surface area (Å²) in [6.07, 6.45) is -3.42. The first-order chi connectivity index (χ1) is 16.2. The summed E-state index contributed by atoms with van der Waals surface area (Å²) in [5, 5.41) is 15.2. The third-order valence-electron chi connectivity index (χ3n) is 4.52. The number of carbonyl (C=O) groups is 1. The quantitative estimate of drug-likeness (QED) is 0.278. The van der Waals surface area contributed by atoms with Gasteiger partial charge in [-0.05, 0) is 35.9 Å². The SMILES string of the molecule is COc1ccc(Oc2ccc(C(F)(F)F)cc2[N+](=O)[O-])c(/C=N\NC(=O)Cc2ccccc2)c1. The Morgan fingerprint density at radius 3 is 2.44 bits per heavy atom. The molecule has 0 spiro atoms. The van der Waals surface area contributed by atoms with Crippen LogP contribution in [0.25, 0.3) is 0 Å². The highest BCUT2D eigenvalue weighted by atomic mass is 19.4. The number of benzene rings is 3. The topological polar surface area (TPSA) is 103 Å². The van der Waals surface area contributed by atoms with E-state index < -0.39 is 28.1 Å². The van der Waals surface area contributed by atoms with Crippen molar-refractivity contribution in [2.24, 2.45) is 5.10 Å². The molecule has 34 heavy (non-hydrogen) atoms. The normalized spacial score (nSPS) is 11.3. The van der Waals surface area contributed by atoms with Crippen molar-refractivity contribution in [2.75, 3.05) is 7.11 Å². The fourth-order valence-corrected chi connectivity index (χ4v) is 2.88. The zero-order valence-corrected chi connectivity index (χ0v) is 17.7. The Morgan fingerprint density at radius 2 is 1.79 bits per heavy atom. The smallest absolute Gasteiger partial charge is 0.416 e. The van der Waals surface area contributed by atoms with Gasteiger partial charge in [0.1, 0.15) is 11.5 Å². The molecule has 0 saturated heterocycles. The van der Waals surface area contributed by atoms with Crippen LogP contribution in [0, 0.1) is 10.1 Å². The molecule has 0 unspecified atom stereocenters. The lowest BCUT2D eigenvalue weighted by molar-refractivity contribution is -0.385. The maximum Gasteiger partial charge on any atom is 0.416 e. The van der Waals surface area contributed by atoms with E-state index in [4.69, 9.17) is 9.47 Å². The third-order valence-corrected chi connectivity index (χ3v) is 4.52. The number of nitro groups is 1. The first-order valence-corrected chi connectivity index (χ1v) is 9.74. The molecule has 1 N–H and O–H groups in total. The van der Waals surface area contributed by atoms with Crippen molar-refractivity contribution in [3.8, 4) is 17.2 Å². The monoisotopic (exact) mass is 473 g/mol. The highest BCUT2D eigenvalue weighted by Gasteiger charge is 2.33. The van der Waals surface area contributed by atoms with Crippen LogP contribution in [0.15, 0.2) is 71.8 Å². The Morgan fingerprint density at radius 1 is 1.09 bits per heavy atom. The van der Waals surface area contributed by atoms with Gasteiger partial charge in [0.05, 0.1) is 30.2 Å². The van der Waals surface area contributed by atoms with Gasteiger partial charge in [-0.2, -0.15) is 18.3 Å². The minimum atomic E-state index is -4.75. The maximum atomic E-state index is 13.0. The number of hydrogen-bond acceptors (Lipinski definition) is 6. The second kappa shape index (κ2) is 10.5. The summed E-state index contributed by atoms with van der Waals surface area (Å²) in [4.78, 5) is 22.5. The van der Waals surface area contributed by atoms with Gasteiger partial charge in [0, 0.05) is 11.6 Å². The fraction of sp³-hybridized carbons (Fsp3) is 0.130. The number of rotatable bonds is 8. The number of halogens is 3. The zero-order chi connectivity index (χ0) is 24.7. The van der Waals surface area contributed by atoms with Crippen molar-refractivity contribution in [3.05, 3.63) is 93.5 Å². The van der Waals surface area contributed by atoms with Gasteiger partial charge in [-0.1, -0.05) is 30.3 Å². The van der Waals surface area contributed by atoms with Crippen LogP contribution in [-0.2, 0) is 17.4 Å². The molecule has 0 atom stereocenters. The lowest BCUT2D eigenvalue weighted by Gasteiger charge is -2.12. The van der Waals surface area contributed by atoms with Crippen molar-refractivity contribution in [2.45, 2.75) is 12.6 Å². The van der Waals surface area contributed by atoms with Crippen molar-refractivity contribution >= 4 is 17.8 Å². The van der Waals surface area contributed by atoms with Gasteiger partial charge in [-0.3, -0.25) is 14.9 Å². The largest absolute Gasteiger partial charge is 0.497 e. The first kappa shape index (κ1) is 24.2. The van der Waals surface area contributed by atoms with Crippen molar-refractivity contribution in [1.29, 1.82) is 0 Å². The van der Waals surface area contributed by atoms with E-state index in [1.54, 1.807) is 24.3 Å². The fourth-order valence-electron chi connectivity index (χ4n) is 2.88. The Kier molecular flexibility index (Phi) is 7.46. The number of amides is 1. The van der Waals surface area contributed by atoms with Gasteiger partial charge >= 0.3 is 11.9 Å². The van der Waals surface area contributed by atoms with Gasteiger partial charge in [0.25, 0.3) is 0 Å². The highest BCUT2D eigenvalue weighted by Crippen LogP contribution is 2.38. The van der Waals surface area contributed by atoms with E-state index in [0.717, 1.165) is 11.6 Å². The minimum absolute atomic E-state index is 0.0460. The summed E-state index contributed by atoms with van der Waals surface area (Å²) in [5.41, 5.74) is 1.37. The molecule has 0 saturated carbocycles. The molecule has 0 aliphatic rings. The van der Waals surface area contributed by atoms with E-state index in [1.807, 2.05) is 6.07 Å². The molecule has 3 aromatic carbocycles. The van der Waals surface area contributed by atoms with Crippen molar-refractivity contribution < 1.29 is 32.4 Å². The Labute approximate surface area is 191 Å². The number of hydrazone groups is 1. The van der Waals surface area contributed by atoms with Crippen LogP contribution in [0.3, 0.4) is 0 Å². The van der Waals surface area contributed by atoms with E-state index in [0.29, 0.717) is 17.9 Å². The standard InChI is InChI=1S/C23H18F3N3O5/c1-33-18-8-10-20(34-21-9-7-17(23(24,25)26)13-19(21)29(31)32)16(12-18)14-27-28-22(30)11-15-5-3-2-4-6-15/h2-10,12-14H,11H2,1H3,(H,28,30)/b27-14-. The van der Waals surface area contributed by atoms with Gasteiger partial charge in [0.2, 0.25) is 11.7 Å². The molecular weight excluding hydrogens is 455 g/mol. The summed E-state index contributed by atoms with van der Waals surface area (Å²) in [6, 6.07) is 15.3. The predicted octanol–water partition coefficient (Wildman–Crippen LogP) is 5.11. The number of nitrogens with one attached hydrogen (secondary N) is 1. The van der Waals surface area contributed by atoms with Gasteiger partial charge in [0.15, 0.2) is 0 Å². The Bertz CT molecular complexity index is 1210. The van der Waals surface area contributed by atoms with E-state index in [9.17, 15) is 28.1 Å². The number of nitrogens with zero attached hydrogens (tertiary/aromatic N) is 2. The van der Waals surface area contributed by atoms with Crippen LogP contribution in [0.2, 0.25) is 0 Å². The van der Waals surface area contributed by atoms with Gasteiger partial charge < -0.3 is 9.47 Å². The second-order valence-electron chi connectivity index (χ2n) is 6.90. The average molecular weight is 473 g/mol. The van der Waals surface area contributed by atoms with E-state index in [-0.39, 0.29) is 23.6 Å². The molecule has 3 aromatic rings. The van der Waals surface area contributed by atoms with Crippen molar-refractivity contribution in [1.82, 2.24) is 5.43 Å². The van der Waals surface area contributed by atoms with Crippen LogP contribution < -0.4 is 14.9 Å². The second-order valence-corrected chi connectivity index (χ2v) is 6.90. The number of nitro benzene ring substituents is 1. The molecule has 1 amide bonds. The highest BCUT2D eigenvalue weighted by molar-refractivity contribution is 5.86. The van der Waals surface area contributed by atoms with Crippen LogP contribution in [-0.4, -0.2) is 24.2 Å². The van der Waals surface area contributed by atoms with Gasteiger partial charge in [-0.25, -0.2) is 5.43 Å². The number of alkyl halides is 3. The maximum absolute atomic E-state index is 13.0. The first-order valence-electron chi connectivity index (χ1n) is 9.74. The molecule has 0 fully saturated rings. The van der Waals surface area contributed by atoms with E-state index >= 15 is 0 Å². The molecule has 0 heterocycles. The lowest BCUT2D eigenvalue weighted by Crippen LogP contribution is -2.19. The number of carbonyl (C=O) groups excluding carboxylic acids is 1. The predicted molar refractivity (Wildman–Crippen MR) is 117 cm³/mol. The molecule has 0 aromatic heterocycles. The summed E-state index contributed by atoms with van der Waals surface area (Å²) in [5.74, 6) is -0.340. The molecule has 8 nitrogen and oxygen atoms in total. The molecule has 3 rings (SSSR count). The number of ether oxygens (including phenoxy) is 2. The Balaban J connectivity index is 1.84. The average Bonchev–Trinajstić information content (AvgIpc) is 2.80. The molecule has 176 valence electrons. The molecule has 0 radical (unpaired) electrons. The molecule has 0 aliphatic carbocycles. The summed E-state index contributed by atoms with van der Waals surface area (Å²) in [6.45, 7) is 0. The molecular formula is C23H18F3N3O5. The van der Waals surface area contributed by atoms with E-state index in [2.05, 4.69) is 10.5 Å². The summed E-state index contributed by atoms with van der Waals surface area (Å²) in [7, 11) is 1.42. The van der Waals surface area contributed by atoms with E-state index in [1.165, 1.54) is 31.5 Å². The summed E-state index contributed by atoms with van der Waals surface area (Å²) >= 11 is 0. The molecule has 0 aliphatic heterocycles. The van der Waals surface area contributed by atoms with Crippen LogP contribution in [0.5, 0.6) is 17.2 Å². The molecule has 0 bridgehead atoms. The lowest BCUT2D eigenvalue weighted by atomic mass is 10.1. The number of hydrogen-bond donors (Lipinski definition) is 1. The summed E-state index contributed by atoms with van der Waals surface area (Å²) < 4.78 is 49.5. The van der Waals surface area contributed by atoms with Crippen LogP contribution in [0.4, 0.5) is 18.9 Å². The number of methoxy groups -OCH3 is 1. The van der Waals surface area contributed by atoms with Gasteiger partial charge in [-0.15, -0.1) is 0 Å². The molecule has 11 heteroatoms. The minimum Gasteiger partial charge on any atom is -0.497 e. The van der Waals surface area contributed by atoms with Crippen molar-refractivity contribution in [3.63, 3.8) is 0 Å². The van der Waals surface area contributed by atoms with Crippen LogP contribution >= 0.6 is 0 Å². The van der Waals surface area contributed by atoms with Crippen LogP contribution in [0.1, 0.15) is 16.7 Å². The Hall–Kier alpha value is -4.41.